The molecule has 3 unspecified atom stereocenters. The zero-order valence-electron chi connectivity index (χ0n) is 43.6. The lowest BCUT2D eigenvalue weighted by molar-refractivity contribution is -0.870. The highest BCUT2D eigenvalue weighted by molar-refractivity contribution is 7.47. The molecule has 0 fully saturated rings. The highest BCUT2D eigenvalue weighted by Gasteiger charge is 2.27. The van der Waals surface area contributed by atoms with Gasteiger partial charge < -0.3 is 19.8 Å². The molecule has 3 N–H and O–H groups in total. The van der Waals surface area contributed by atoms with Crippen molar-refractivity contribution < 1.29 is 32.9 Å². The van der Waals surface area contributed by atoms with Crippen molar-refractivity contribution in [2.75, 3.05) is 40.9 Å². The van der Waals surface area contributed by atoms with Crippen LogP contribution in [0.3, 0.4) is 0 Å². The Morgan fingerprint density at radius 2 is 0.828 bits per heavy atom. The fourth-order valence-electron chi connectivity index (χ4n) is 8.57. The molecule has 0 saturated carbocycles. The van der Waals surface area contributed by atoms with Crippen molar-refractivity contribution in [3.63, 3.8) is 0 Å². The van der Waals surface area contributed by atoms with Crippen molar-refractivity contribution >= 4 is 13.7 Å². The van der Waals surface area contributed by atoms with Gasteiger partial charge in [-0.05, 0) is 19.3 Å². The van der Waals surface area contributed by atoms with E-state index in [-0.39, 0.29) is 19.1 Å². The monoisotopic (exact) mass is 928 g/mol. The Morgan fingerprint density at radius 3 is 1.16 bits per heavy atom. The van der Waals surface area contributed by atoms with Gasteiger partial charge in [0.15, 0.2) is 0 Å². The summed E-state index contributed by atoms with van der Waals surface area (Å²) in [6, 6.07) is -0.841. The molecule has 0 heterocycles. The van der Waals surface area contributed by atoms with E-state index >= 15 is 0 Å². The summed E-state index contributed by atoms with van der Waals surface area (Å²) in [6.07, 6.45) is 57.5. The molecular formula is C55H112N2O6P+. The summed E-state index contributed by atoms with van der Waals surface area (Å²) in [5.74, 6) is -0.174. The average molecular weight is 928 g/mol. The van der Waals surface area contributed by atoms with E-state index in [0.29, 0.717) is 17.4 Å². The molecule has 0 rings (SSSR count). The van der Waals surface area contributed by atoms with Gasteiger partial charge in [-0.1, -0.05) is 270 Å². The highest BCUT2D eigenvalue weighted by Crippen LogP contribution is 2.43. The minimum absolute atomic E-state index is 0.0649. The minimum Gasteiger partial charge on any atom is -0.387 e. The van der Waals surface area contributed by atoms with E-state index in [4.69, 9.17) is 9.05 Å². The summed E-state index contributed by atoms with van der Waals surface area (Å²) in [4.78, 5) is 23.2. The molecule has 0 aliphatic rings. The second kappa shape index (κ2) is 47.3. The van der Waals surface area contributed by atoms with E-state index in [2.05, 4.69) is 19.2 Å². The van der Waals surface area contributed by atoms with Gasteiger partial charge in [0.05, 0.1) is 39.9 Å². The number of hydrogen-bond acceptors (Lipinski definition) is 5. The Kier molecular flexibility index (Phi) is 46.8. The quantitative estimate of drug-likeness (QED) is 0.0243. The van der Waals surface area contributed by atoms with Crippen LogP contribution in [0, 0.1) is 0 Å². The molecule has 1 amide bonds. The zero-order chi connectivity index (χ0) is 47.1. The number of nitrogens with zero attached hydrogens (tertiary/aromatic N) is 1. The zero-order valence-corrected chi connectivity index (χ0v) is 44.4. The van der Waals surface area contributed by atoms with Gasteiger partial charge >= 0.3 is 7.82 Å². The Bertz CT molecular complexity index is 1050. The lowest BCUT2D eigenvalue weighted by Gasteiger charge is -2.25. The normalized spacial score (nSPS) is 14.0. The van der Waals surface area contributed by atoms with Crippen LogP contribution in [0.4, 0.5) is 0 Å². The summed E-state index contributed by atoms with van der Waals surface area (Å²) in [6.45, 7) is 4.85. The van der Waals surface area contributed by atoms with Crippen molar-refractivity contribution in [1.29, 1.82) is 0 Å². The number of likely N-dealkylation sites (N-methyl/N-ethyl adjacent to an activating group) is 1. The Hall–Kier alpha value is -0.760. The topological polar surface area (TPSA) is 105 Å². The van der Waals surface area contributed by atoms with Gasteiger partial charge in [-0.3, -0.25) is 13.8 Å². The van der Waals surface area contributed by atoms with Crippen LogP contribution in [-0.2, 0) is 18.4 Å². The number of quaternary nitrogens is 1. The second-order valence-electron chi connectivity index (χ2n) is 20.7. The molecule has 3 atom stereocenters. The predicted octanol–water partition coefficient (Wildman–Crippen LogP) is 16.7. The molecule has 0 saturated heterocycles. The number of carbonyl (C=O) groups is 1. The lowest BCUT2D eigenvalue weighted by atomic mass is 10.0. The number of aliphatic hydroxyl groups is 1. The molecular weight excluding hydrogens is 816 g/mol. The smallest absolute Gasteiger partial charge is 0.387 e. The van der Waals surface area contributed by atoms with Crippen molar-refractivity contribution in [1.82, 2.24) is 5.32 Å². The van der Waals surface area contributed by atoms with Gasteiger partial charge in [0.2, 0.25) is 5.91 Å². The standard InChI is InChI=1S/C55H111N2O6P/c1-6-8-10-12-14-16-18-20-21-22-23-24-25-26-27-28-29-30-31-32-33-34-35-36-37-38-40-42-44-46-48-54(58)53(52-63-64(60,61)62-51-50-57(3,4)5)56-55(59)49-47-45-43-41-39-19-17-15-13-11-9-7-2/h46,48,53-54,58H,6-45,47,49-52H2,1-5H3,(H-,56,59,60,61)/p+1/b48-46+. The first-order chi connectivity index (χ1) is 31.0. The van der Waals surface area contributed by atoms with Crippen LogP contribution in [0.1, 0.15) is 284 Å². The number of unbranched alkanes of at least 4 members (excludes halogenated alkanes) is 39. The number of nitrogens with one attached hydrogen (secondary N) is 1. The van der Waals surface area contributed by atoms with Crippen molar-refractivity contribution in [3.05, 3.63) is 12.2 Å². The largest absolute Gasteiger partial charge is 0.472 e. The van der Waals surface area contributed by atoms with Gasteiger partial charge in [0.25, 0.3) is 0 Å². The molecule has 64 heavy (non-hydrogen) atoms. The fraction of sp³-hybridized carbons (Fsp3) is 0.945. The highest BCUT2D eigenvalue weighted by atomic mass is 31.2. The summed E-state index contributed by atoms with van der Waals surface area (Å²) in [5.41, 5.74) is 0. The van der Waals surface area contributed by atoms with E-state index in [9.17, 15) is 19.4 Å². The Labute approximate surface area is 399 Å². The third kappa shape index (κ3) is 49.2. The van der Waals surface area contributed by atoms with Crippen LogP contribution < -0.4 is 5.32 Å². The first-order valence-corrected chi connectivity index (χ1v) is 29.6. The minimum atomic E-state index is -4.34. The summed E-state index contributed by atoms with van der Waals surface area (Å²) >= 11 is 0. The third-order valence-corrected chi connectivity index (χ3v) is 14.0. The van der Waals surface area contributed by atoms with Crippen LogP contribution >= 0.6 is 7.82 Å². The first kappa shape index (κ1) is 63.2. The molecule has 0 bridgehead atoms. The van der Waals surface area contributed by atoms with Gasteiger partial charge in [-0.15, -0.1) is 0 Å². The van der Waals surface area contributed by atoms with Gasteiger partial charge in [-0.2, -0.15) is 0 Å². The molecule has 0 aromatic carbocycles. The number of phosphoric ester groups is 1. The molecule has 0 aliphatic carbocycles. The molecule has 0 aromatic rings. The van der Waals surface area contributed by atoms with Crippen LogP contribution in [-0.4, -0.2) is 73.4 Å². The van der Waals surface area contributed by atoms with E-state index in [0.717, 1.165) is 32.1 Å². The Balaban J connectivity index is 4.05. The van der Waals surface area contributed by atoms with Crippen molar-refractivity contribution in [2.45, 2.75) is 296 Å². The fourth-order valence-corrected chi connectivity index (χ4v) is 9.31. The number of aliphatic hydroxyl groups excluding tert-OH is 1. The van der Waals surface area contributed by atoms with Crippen molar-refractivity contribution in [3.8, 4) is 0 Å². The van der Waals surface area contributed by atoms with Crippen LogP contribution in [0.2, 0.25) is 0 Å². The summed E-state index contributed by atoms with van der Waals surface area (Å²) in [7, 11) is 1.59. The van der Waals surface area contributed by atoms with Crippen molar-refractivity contribution in [2.24, 2.45) is 0 Å². The molecule has 0 aliphatic heterocycles. The molecule has 0 spiro atoms. The summed E-state index contributed by atoms with van der Waals surface area (Å²) in [5, 5.41) is 13.9. The van der Waals surface area contributed by atoms with E-state index in [1.807, 2.05) is 27.2 Å². The van der Waals surface area contributed by atoms with E-state index in [1.54, 1.807) is 6.08 Å². The van der Waals surface area contributed by atoms with Gasteiger partial charge in [-0.25, -0.2) is 4.57 Å². The number of carbonyl (C=O) groups excluding carboxylic acids is 1. The third-order valence-electron chi connectivity index (χ3n) is 13.0. The average Bonchev–Trinajstić information content (AvgIpc) is 3.25. The van der Waals surface area contributed by atoms with Gasteiger partial charge in [0.1, 0.15) is 13.2 Å². The van der Waals surface area contributed by atoms with E-state index in [1.165, 1.54) is 231 Å². The molecule has 9 heteroatoms. The lowest BCUT2D eigenvalue weighted by Crippen LogP contribution is -2.45. The number of rotatable bonds is 52. The molecule has 8 nitrogen and oxygen atoms in total. The van der Waals surface area contributed by atoms with Crippen LogP contribution in [0.5, 0.6) is 0 Å². The number of allylic oxidation sites excluding steroid dienone is 1. The number of hydrogen-bond donors (Lipinski definition) is 3. The first-order valence-electron chi connectivity index (χ1n) is 28.1. The molecule has 382 valence electrons. The molecule has 0 aromatic heterocycles. The maximum atomic E-state index is 12.9. The molecule has 0 radical (unpaired) electrons. The maximum absolute atomic E-state index is 12.9. The predicted molar refractivity (Wildman–Crippen MR) is 277 cm³/mol. The number of phosphoric acid groups is 1. The number of amides is 1. The van der Waals surface area contributed by atoms with Crippen LogP contribution in [0.15, 0.2) is 12.2 Å². The SMILES string of the molecule is CCCCCCCCCCCCCCCCCCCCCCCCCCCCCC/C=C/C(O)C(COP(=O)(O)OCC[N+](C)(C)C)NC(=O)CCCCCCCCCCCCCC. The maximum Gasteiger partial charge on any atom is 0.472 e. The second-order valence-corrected chi connectivity index (χ2v) is 22.1. The van der Waals surface area contributed by atoms with E-state index < -0.39 is 20.0 Å². The Morgan fingerprint density at radius 1 is 0.516 bits per heavy atom. The summed E-state index contributed by atoms with van der Waals surface area (Å²) < 4.78 is 23.6. The van der Waals surface area contributed by atoms with Crippen LogP contribution in [0.25, 0.3) is 0 Å². The van der Waals surface area contributed by atoms with Gasteiger partial charge in [0, 0.05) is 6.42 Å².